The van der Waals surface area contributed by atoms with Crippen LogP contribution in [0.5, 0.6) is 0 Å². The van der Waals surface area contributed by atoms with Crippen molar-refractivity contribution in [3.05, 3.63) is 72.3 Å². The van der Waals surface area contributed by atoms with E-state index in [9.17, 15) is 13.2 Å². The van der Waals surface area contributed by atoms with Crippen molar-refractivity contribution in [2.24, 2.45) is 11.8 Å². The summed E-state index contributed by atoms with van der Waals surface area (Å²) in [6, 6.07) is 18.2. The lowest BCUT2D eigenvalue weighted by Crippen LogP contribution is -2.30. The summed E-state index contributed by atoms with van der Waals surface area (Å²) in [4.78, 5) is 21.3. The zero-order valence-corrected chi connectivity index (χ0v) is 38.2. The fourth-order valence-electron chi connectivity index (χ4n) is 8.10. The van der Waals surface area contributed by atoms with Crippen LogP contribution in [0.3, 0.4) is 0 Å². The fraction of sp³-hybridized carbons (Fsp3) is 0.543. The van der Waals surface area contributed by atoms with Gasteiger partial charge in [0.1, 0.15) is 22.9 Å². The molecule has 0 radical (unpaired) electrons. The molecule has 61 heavy (non-hydrogen) atoms. The normalized spacial score (nSPS) is 15.8. The average Bonchev–Trinajstić information content (AvgIpc) is 3.80. The molecular formula is C46H65N7O7S. The number of nitrogens with one attached hydrogen (secondary N) is 2. The van der Waals surface area contributed by atoms with Crippen LogP contribution in [-0.4, -0.2) is 87.2 Å². The van der Waals surface area contributed by atoms with E-state index in [1.54, 1.807) is 33.3 Å². The topological polar surface area (TPSA) is 151 Å². The van der Waals surface area contributed by atoms with Gasteiger partial charge in [0.25, 0.3) is 10.0 Å². The highest BCUT2D eigenvalue weighted by atomic mass is 32.2. The second-order valence-corrected chi connectivity index (χ2v) is 18.8. The Morgan fingerprint density at radius 2 is 1.23 bits per heavy atom. The average molecular weight is 860 g/mol. The van der Waals surface area contributed by atoms with E-state index in [0.29, 0.717) is 23.2 Å². The Morgan fingerprint density at radius 3 is 1.69 bits per heavy atom. The first-order valence-electron chi connectivity index (χ1n) is 21.5. The number of carbonyl (C=O) groups excluding carboxylic acids is 1. The number of fused-ring (bicyclic) bond motifs is 2. The number of ether oxygens (including phenoxy) is 4. The maximum Gasteiger partial charge on any atom is 0.264 e. The second kappa shape index (κ2) is 19.7. The van der Waals surface area contributed by atoms with Crippen LogP contribution in [0, 0.1) is 11.8 Å². The Morgan fingerprint density at radius 1 is 0.754 bits per heavy atom. The van der Waals surface area contributed by atoms with Gasteiger partial charge in [-0.1, -0.05) is 0 Å². The molecule has 2 aliphatic rings. The van der Waals surface area contributed by atoms with Crippen LogP contribution >= 0.6 is 0 Å². The summed E-state index contributed by atoms with van der Waals surface area (Å²) >= 11 is 0. The van der Waals surface area contributed by atoms with Crippen LogP contribution in [0.4, 0.5) is 17.1 Å². The SMILES string of the molecule is CCN(c1ccc2c(c1)nc(C(C)(C)OC)n2CC1CCOCC1)S(=O)(=O)c1ccc(NC(C)=O)cc1.CCNc1ccc2c(c1)nc(C(C)(C)OC)n2CC1CCOCC1. The third-order valence-electron chi connectivity index (χ3n) is 11.9. The van der Waals surface area contributed by atoms with E-state index >= 15 is 0 Å². The smallest absolute Gasteiger partial charge is 0.264 e. The third-order valence-corrected chi connectivity index (χ3v) is 13.8. The molecule has 15 heteroatoms. The van der Waals surface area contributed by atoms with Crippen molar-refractivity contribution in [1.29, 1.82) is 0 Å². The zero-order chi connectivity index (χ0) is 44.0. The van der Waals surface area contributed by atoms with E-state index in [1.165, 1.54) is 28.9 Å². The Balaban J connectivity index is 0.000000223. The highest BCUT2D eigenvalue weighted by molar-refractivity contribution is 7.92. The summed E-state index contributed by atoms with van der Waals surface area (Å²) < 4.78 is 55.6. The number of amides is 1. The van der Waals surface area contributed by atoms with Crippen molar-refractivity contribution in [2.75, 3.05) is 68.7 Å². The number of benzene rings is 3. The number of sulfonamides is 1. The van der Waals surface area contributed by atoms with Gasteiger partial charge in [0.15, 0.2) is 0 Å². The van der Waals surface area contributed by atoms with Crippen LogP contribution in [0.2, 0.25) is 0 Å². The van der Waals surface area contributed by atoms with E-state index in [2.05, 4.69) is 58.7 Å². The van der Waals surface area contributed by atoms with Crippen molar-refractivity contribution in [1.82, 2.24) is 19.1 Å². The molecular weight excluding hydrogens is 795 g/mol. The minimum Gasteiger partial charge on any atom is -0.385 e. The number of hydrogen-bond acceptors (Lipinski definition) is 10. The van der Waals surface area contributed by atoms with E-state index in [1.807, 2.05) is 32.0 Å². The van der Waals surface area contributed by atoms with E-state index < -0.39 is 21.2 Å². The largest absolute Gasteiger partial charge is 0.385 e. The number of imidazole rings is 2. The summed E-state index contributed by atoms with van der Waals surface area (Å²) in [6.07, 6.45) is 4.21. The number of methoxy groups -OCH3 is 2. The van der Waals surface area contributed by atoms with E-state index in [0.717, 1.165) is 106 Å². The van der Waals surface area contributed by atoms with E-state index in [-0.39, 0.29) is 17.3 Å². The molecule has 0 spiro atoms. The Labute approximate surface area is 361 Å². The lowest BCUT2D eigenvalue weighted by atomic mass is 9.99. The lowest BCUT2D eigenvalue weighted by Gasteiger charge is -2.27. The molecule has 14 nitrogen and oxygen atoms in total. The van der Waals surface area contributed by atoms with Gasteiger partial charge in [-0.05, 0) is 140 Å². The van der Waals surface area contributed by atoms with Crippen molar-refractivity contribution in [3.8, 4) is 0 Å². The Hall–Kier alpha value is -4.54. The Kier molecular flexibility index (Phi) is 14.8. The van der Waals surface area contributed by atoms with Crippen LogP contribution in [0.1, 0.15) is 85.8 Å². The quantitative estimate of drug-likeness (QED) is 0.105. The monoisotopic (exact) mass is 859 g/mol. The van der Waals surface area contributed by atoms with Gasteiger partial charge in [-0.15, -0.1) is 0 Å². The molecule has 2 fully saturated rings. The molecule has 0 unspecified atom stereocenters. The van der Waals surface area contributed by atoms with Gasteiger partial charge in [-0.2, -0.15) is 0 Å². The van der Waals surface area contributed by atoms with Crippen LogP contribution in [-0.2, 0) is 58.1 Å². The minimum atomic E-state index is -3.83. The highest BCUT2D eigenvalue weighted by Crippen LogP contribution is 2.34. The van der Waals surface area contributed by atoms with Crippen LogP contribution in [0.15, 0.2) is 65.6 Å². The second-order valence-electron chi connectivity index (χ2n) is 16.9. The molecule has 332 valence electrons. The van der Waals surface area contributed by atoms with Crippen molar-refractivity contribution >= 4 is 55.1 Å². The van der Waals surface area contributed by atoms with Crippen molar-refractivity contribution in [2.45, 2.75) is 103 Å². The highest BCUT2D eigenvalue weighted by Gasteiger charge is 2.31. The summed E-state index contributed by atoms with van der Waals surface area (Å²) in [5.74, 6) is 2.71. The molecule has 0 bridgehead atoms. The maximum atomic E-state index is 13.6. The number of aromatic nitrogens is 4. The molecule has 0 atom stereocenters. The molecule has 4 heterocycles. The lowest BCUT2D eigenvalue weighted by molar-refractivity contribution is -0.114. The molecule has 3 aromatic carbocycles. The standard InChI is InChI=1S/C27H36N4O5S.C19H29N3O2/c1-6-31(37(33,34)23-10-7-21(8-11-23)28-19(2)32)22-9-12-25-24(17-22)29-26(27(3,4)35-5)30(25)18-20-13-15-36-16-14-20;1-5-20-15-6-7-17-16(12-15)21-18(19(2,3)23-4)22(17)13-14-8-10-24-11-9-14/h7-12,17,20H,6,13-16,18H2,1-5H3,(H,28,32);6-7,12,14,20H,5,8-11,13H2,1-4H3. The van der Waals surface area contributed by atoms with Gasteiger partial charge in [0, 0.05) is 85.1 Å². The molecule has 2 N–H and O–H groups in total. The van der Waals surface area contributed by atoms with E-state index in [4.69, 9.17) is 28.9 Å². The first-order valence-corrected chi connectivity index (χ1v) is 23.0. The van der Waals surface area contributed by atoms with Gasteiger partial charge < -0.3 is 38.7 Å². The molecule has 5 aromatic rings. The summed E-state index contributed by atoms with van der Waals surface area (Å²) in [6.45, 7) is 19.7. The molecule has 7 rings (SSSR count). The first-order chi connectivity index (χ1) is 29.1. The molecule has 2 aromatic heterocycles. The molecule has 2 aliphatic heterocycles. The fourth-order valence-corrected chi connectivity index (χ4v) is 9.56. The molecule has 0 aliphatic carbocycles. The molecule has 0 saturated carbocycles. The van der Waals surface area contributed by atoms with Gasteiger partial charge in [0.2, 0.25) is 5.91 Å². The third kappa shape index (κ3) is 10.6. The summed E-state index contributed by atoms with van der Waals surface area (Å²) in [5.41, 5.74) is 5.05. The predicted octanol–water partition coefficient (Wildman–Crippen LogP) is 8.29. The predicted molar refractivity (Wildman–Crippen MR) is 242 cm³/mol. The molecule has 1 amide bonds. The van der Waals surface area contributed by atoms with Gasteiger partial charge in [-0.3, -0.25) is 9.10 Å². The van der Waals surface area contributed by atoms with Crippen LogP contribution < -0.4 is 14.9 Å². The summed E-state index contributed by atoms with van der Waals surface area (Å²) in [5, 5.41) is 6.02. The number of carbonyl (C=O) groups is 1. The number of anilines is 3. The number of nitrogens with zero attached hydrogens (tertiary/aromatic N) is 5. The summed E-state index contributed by atoms with van der Waals surface area (Å²) in [7, 11) is -0.405. The van der Waals surface area contributed by atoms with Gasteiger partial charge in [-0.25, -0.2) is 18.4 Å². The first kappa shape index (κ1) is 46.0. The molecule has 2 saturated heterocycles. The Bertz CT molecular complexity index is 2360. The van der Waals surface area contributed by atoms with Crippen molar-refractivity contribution < 1.29 is 32.2 Å². The van der Waals surface area contributed by atoms with Crippen molar-refractivity contribution in [3.63, 3.8) is 0 Å². The minimum absolute atomic E-state index is 0.148. The van der Waals surface area contributed by atoms with Crippen LogP contribution in [0.25, 0.3) is 22.1 Å². The number of hydrogen-bond donors (Lipinski definition) is 2. The van der Waals surface area contributed by atoms with Gasteiger partial charge >= 0.3 is 0 Å². The zero-order valence-electron chi connectivity index (χ0n) is 37.4. The van der Waals surface area contributed by atoms with Gasteiger partial charge in [0.05, 0.1) is 32.6 Å². The number of rotatable bonds is 15. The maximum absolute atomic E-state index is 13.6.